The van der Waals surface area contributed by atoms with E-state index in [-0.39, 0.29) is 0 Å². The molecule has 3 N–H and O–H groups in total. The van der Waals surface area contributed by atoms with Crippen molar-refractivity contribution in [1.29, 1.82) is 0 Å². The Morgan fingerprint density at radius 2 is 2.15 bits per heavy atom. The summed E-state index contributed by atoms with van der Waals surface area (Å²) in [5.74, 6) is 1.31. The molecule has 4 heteroatoms. The Kier molecular flexibility index (Phi) is 5.41. The van der Waals surface area contributed by atoms with Gasteiger partial charge in [-0.3, -0.25) is 4.99 Å². The van der Waals surface area contributed by atoms with Gasteiger partial charge in [0.25, 0.3) is 0 Å². The number of rotatable bonds is 4. The van der Waals surface area contributed by atoms with Crippen LogP contribution in [0.5, 0.6) is 0 Å². The minimum absolute atomic E-state index is 0.499. The first kappa shape index (κ1) is 14.9. The Balaban J connectivity index is 1.74. The molecular weight excluding hydrogens is 248 g/mol. The molecule has 0 aliphatic carbocycles. The maximum Gasteiger partial charge on any atom is 0.193 e. The number of hydrogen-bond acceptors (Lipinski definition) is 2. The lowest BCUT2D eigenvalue weighted by molar-refractivity contribution is 0.189. The Morgan fingerprint density at radius 1 is 1.40 bits per heavy atom. The van der Waals surface area contributed by atoms with Crippen molar-refractivity contribution in [2.45, 2.75) is 26.7 Å². The first-order chi connectivity index (χ1) is 9.63. The first-order valence-corrected chi connectivity index (χ1v) is 7.49. The van der Waals surface area contributed by atoms with Crippen molar-refractivity contribution in [3.8, 4) is 0 Å². The SMILES string of the molecule is Cc1ccc(NC(N)=NCCN2CCCC(C)C2)cc1. The van der Waals surface area contributed by atoms with Crippen molar-refractivity contribution in [3.05, 3.63) is 29.8 Å². The van der Waals surface area contributed by atoms with Crippen LogP contribution in [-0.2, 0) is 0 Å². The van der Waals surface area contributed by atoms with Crippen LogP contribution < -0.4 is 11.1 Å². The molecule has 0 aromatic heterocycles. The van der Waals surface area contributed by atoms with Crippen molar-refractivity contribution in [3.63, 3.8) is 0 Å². The highest BCUT2D eigenvalue weighted by Crippen LogP contribution is 2.14. The summed E-state index contributed by atoms with van der Waals surface area (Å²) in [6, 6.07) is 8.16. The van der Waals surface area contributed by atoms with Gasteiger partial charge in [0.2, 0.25) is 0 Å². The standard InChI is InChI=1S/C16H26N4/c1-13-5-7-15(8-6-13)19-16(17)18-9-11-20-10-3-4-14(2)12-20/h5-8,14H,3-4,9-12H2,1-2H3,(H3,17,18,19). The molecule has 0 saturated carbocycles. The molecule has 0 amide bonds. The molecule has 0 bridgehead atoms. The van der Waals surface area contributed by atoms with Crippen molar-refractivity contribution in [2.24, 2.45) is 16.6 Å². The van der Waals surface area contributed by atoms with Crippen LogP contribution in [0, 0.1) is 12.8 Å². The van der Waals surface area contributed by atoms with Crippen LogP contribution in [0.1, 0.15) is 25.3 Å². The van der Waals surface area contributed by atoms with Gasteiger partial charge < -0.3 is 16.0 Å². The molecule has 0 radical (unpaired) electrons. The highest BCUT2D eigenvalue weighted by Gasteiger charge is 2.15. The molecule has 1 aliphatic rings. The number of guanidine groups is 1. The molecule has 1 saturated heterocycles. The molecule has 1 aromatic carbocycles. The van der Waals surface area contributed by atoms with Crippen LogP contribution in [0.3, 0.4) is 0 Å². The van der Waals surface area contributed by atoms with E-state index < -0.39 is 0 Å². The number of likely N-dealkylation sites (tertiary alicyclic amines) is 1. The number of nitrogens with zero attached hydrogens (tertiary/aromatic N) is 2. The van der Waals surface area contributed by atoms with Gasteiger partial charge in [0.15, 0.2) is 5.96 Å². The number of anilines is 1. The van der Waals surface area contributed by atoms with Gasteiger partial charge in [0, 0.05) is 18.8 Å². The number of piperidine rings is 1. The Bertz CT molecular complexity index is 438. The van der Waals surface area contributed by atoms with Gasteiger partial charge in [0.05, 0.1) is 6.54 Å². The molecule has 0 spiro atoms. The van der Waals surface area contributed by atoms with E-state index in [0.29, 0.717) is 5.96 Å². The topological polar surface area (TPSA) is 53.6 Å². The smallest absolute Gasteiger partial charge is 0.193 e. The van der Waals surface area contributed by atoms with Gasteiger partial charge in [0.1, 0.15) is 0 Å². The Hall–Kier alpha value is -1.55. The van der Waals surface area contributed by atoms with E-state index in [2.05, 4.69) is 41.2 Å². The molecule has 1 aliphatic heterocycles. The van der Waals surface area contributed by atoms with Crippen LogP contribution in [0.25, 0.3) is 0 Å². The maximum absolute atomic E-state index is 5.91. The van der Waals surface area contributed by atoms with Crippen LogP contribution >= 0.6 is 0 Å². The average Bonchev–Trinajstić information content (AvgIpc) is 2.41. The molecular formula is C16H26N4. The second kappa shape index (κ2) is 7.29. The van der Waals surface area contributed by atoms with Crippen molar-refractivity contribution < 1.29 is 0 Å². The largest absolute Gasteiger partial charge is 0.370 e. The molecule has 1 heterocycles. The van der Waals surface area contributed by atoms with Crippen LogP contribution in [0.4, 0.5) is 5.69 Å². The summed E-state index contributed by atoms with van der Waals surface area (Å²) in [6.07, 6.45) is 2.67. The summed E-state index contributed by atoms with van der Waals surface area (Å²) >= 11 is 0. The zero-order valence-corrected chi connectivity index (χ0v) is 12.6. The van der Waals surface area contributed by atoms with E-state index in [1.807, 2.05) is 12.1 Å². The van der Waals surface area contributed by atoms with Gasteiger partial charge >= 0.3 is 0 Å². The first-order valence-electron chi connectivity index (χ1n) is 7.49. The summed E-state index contributed by atoms with van der Waals surface area (Å²) < 4.78 is 0. The summed E-state index contributed by atoms with van der Waals surface area (Å²) in [5, 5.41) is 3.12. The molecule has 1 fully saturated rings. The predicted octanol–water partition coefficient (Wildman–Crippen LogP) is 2.45. The lowest BCUT2D eigenvalue weighted by Gasteiger charge is -2.30. The van der Waals surface area contributed by atoms with Gasteiger partial charge in [-0.2, -0.15) is 0 Å². The summed E-state index contributed by atoms with van der Waals surface area (Å²) in [7, 11) is 0. The average molecular weight is 274 g/mol. The fraction of sp³-hybridized carbons (Fsp3) is 0.562. The minimum atomic E-state index is 0.499. The summed E-state index contributed by atoms with van der Waals surface area (Å²) in [4.78, 5) is 6.89. The number of benzene rings is 1. The number of aryl methyl sites for hydroxylation is 1. The third kappa shape index (κ3) is 4.85. The Morgan fingerprint density at radius 3 is 2.85 bits per heavy atom. The number of nitrogens with two attached hydrogens (primary N) is 1. The van der Waals surface area contributed by atoms with Crippen molar-refractivity contribution in [2.75, 3.05) is 31.5 Å². The molecule has 20 heavy (non-hydrogen) atoms. The van der Waals surface area contributed by atoms with E-state index in [1.165, 1.54) is 31.5 Å². The summed E-state index contributed by atoms with van der Waals surface area (Å²) in [5.41, 5.74) is 8.14. The fourth-order valence-electron chi connectivity index (χ4n) is 2.63. The third-order valence-corrected chi connectivity index (χ3v) is 3.76. The Labute approximate surface area is 122 Å². The van der Waals surface area contributed by atoms with Crippen molar-refractivity contribution in [1.82, 2.24) is 4.90 Å². The quantitative estimate of drug-likeness (QED) is 0.655. The number of nitrogens with one attached hydrogen (secondary N) is 1. The molecule has 1 atom stereocenters. The highest BCUT2D eigenvalue weighted by atomic mass is 15.2. The van der Waals surface area contributed by atoms with Crippen LogP contribution in [0.15, 0.2) is 29.3 Å². The number of hydrogen-bond donors (Lipinski definition) is 2. The van der Waals surface area contributed by atoms with E-state index in [4.69, 9.17) is 5.73 Å². The van der Waals surface area contributed by atoms with Crippen LogP contribution in [-0.4, -0.2) is 37.0 Å². The fourth-order valence-corrected chi connectivity index (χ4v) is 2.63. The van der Waals surface area contributed by atoms with E-state index in [1.54, 1.807) is 0 Å². The zero-order valence-electron chi connectivity index (χ0n) is 12.6. The molecule has 110 valence electrons. The van der Waals surface area contributed by atoms with Gasteiger partial charge in [-0.1, -0.05) is 24.6 Å². The maximum atomic E-state index is 5.91. The normalized spacial score (nSPS) is 20.9. The van der Waals surface area contributed by atoms with E-state index in [0.717, 1.165) is 24.7 Å². The van der Waals surface area contributed by atoms with Gasteiger partial charge in [-0.05, 0) is 44.4 Å². The summed E-state index contributed by atoms with van der Waals surface area (Å²) in [6.45, 7) is 8.55. The van der Waals surface area contributed by atoms with E-state index >= 15 is 0 Å². The molecule has 1 aromatic rings. The minimum Gasteiger partial charge on any atom is -0.370 e. The molecule has 2 rings (SSSR count). The second-order valence-corrected chi connectivity index (χ2v) is 5.81. The van der Waals surface area contributed by atoms with Gasteiger partial charge in [-0.15, -0.1) is 0 Å². The van der Waals surface area contributed by atoms with Crippen molar-refractivity contribution >= 4 is 11.6 Å². The lowest BCUT2D eigenvalue weighted by atomic mass is 10.0. The number of aliphatic imine (C=N–C) groups is 1. The molecule has 1 unspecified atom stereocenters. The molecule has 4 nitrogen and oxygen atoms in total. The predicted molar refractivity (Wildman–Crippen MR) is 86.1 cm³/mol. The van der Waals surface area contributed by atoms with E-state index in [9.17, 15) is 0 Å². The second-order valence-electron chi connectivity index (χ2n) is 5.81. The highest BCUT2D eigenvalue weighted by molar-refractivity contribution is 5.92. The van der Waals surface area contributed by atoms with Gasteiger partial charge in [-0.25, -0.2) is 0 Å². The third-order valence-electron chi connectivity index (χ3n) is 3.76. The van der Waals surface area contributed by atoms with Crippen LogP contribution in [0.2, 0.25) is 0 Å². The monoisotopic (exact) mass is 274 g/mol. The zero-order chi connectivity index (χ0) is 14.4. The lowest BCUT2D eigenvalue weighted by Crippen LogP contribution is -2.36.